The average molecular weight is 398 g/mol. The van der Waals surface area contributed by atoms with E-state index in [-0.39, 0.29) is 23.3 Å². The molecular formula is C17H23N3O4S2. The number of amides is 2. The molecule has 2 heterocycles. The fourth-order valence-corrected chi connectivity index (χ4v) is 4.97. The third-order valence-electron chi connectivity index (χ3n) is 4.79. The lowest BCUT2D eigenvalue weighted by molar-refractivity contribution is -0.132. The predicted octanol–water partition coefficient (Wildman–Crippen LogP) is 1.61. The number of fused-ring (bicyclic) bond motifs is 1. The smallest absolute Gasteiger partial charge is 0.243 e. The Morgan fingerprint density at radius 3 is 2.73 bits per heavy atom. The number of thioether (sulfide) groups is 1. The summed E-state index contributed by atoms with van der Waals surface area (Å²) in [6.07, 6.45) is 1.90. The molecule has 26 heavy (non-hydrogen) atoms. The number of piperidine rings is 1. The monoisotopic (exact) mass is 397 g/mol. The first-order chi connectivity index (χ1) is 12.3. The fourth-order valence-electron chi connectivity index (χ4n) is 3.04. The van der Waals surface area contributed by atoms with Crippen LogP contribution in [0.4, 0.5) is 5.69 Å². The van der Waals surface area contributed by atoms with Gasteiger partial charge in [-0.3, -0.25) is 9.59 Å². The summed E-state index contributed by atoms with van der Waals surface area (Å²) in [7, 11) is -2.40. The van der Waals surface area contributed by atoms with Crippen LogP contribution in [-0.2, 0) is 19.6 Å². The molecule has 1 fully saturated rings. The number of anilines is 1. The van der Waals surface area contributed by atoms with Crippen LogP contribution in [0.15, 0.2) is 28.0 Å². The second-order valence-electron chi connectivity index (χ2n) is 6.82. The maximum absolute atomic E-state index is 12.8. The molecule has 0 aliphatic carbocycles. The molecule has 142 valence electrons. The lowest BCUT2D eigenvalue weighted by atomic mass is 9.99. The summed E-state index contributed by atoms with van der Waals surface area (Å²) in [6.45, 7) is 3.33. The Morgan fingerprint density at radius 2 is 2.04 bits per heavy atom. The Bertz CT molecular complexity index is 817. The molecule has 1 aromatic rings. The lowest BCUT2D eigenvalue weighted by Gasteiger charge is -2.31. The Hall–Kier alpha value is -1.58. The van der Waals surface area contributed by atoms with E-state index in [0.717, 1.165) is 22.0 Å². The number of rotatable bonds is 4. The van der Waals surface area contributed by atoms with Gasteiger partial charge in [-0.05, 0) is 37.0 Å². The number of likely N-dealkylation sites (N-methyl/N-ethyl adjacent to an activating group) is 1. The quantitative estimate of drug-likeness (QED) is 0.834. The van der Waals surface area contributed by atoms with E-state index < -0.39 is 10.0 Å². The fraction of sp³-hybridized carbons (Fsp3) is 0.529. The van der Waals surface area contributed by atoms with Gasteiger partial charge in [-0.2, -0.15) is 4.31 Å². The van der Waals surface area contributed by atoms with Crippen LogP contribution in [0.5, 0.6) is 0 Å². The molecule has 0 spiro atoms. The topological polar surface area (TPSA) is 86.8 Å². The molecule has 3 rings (SSSR count). The molecule has 2 aliphatic heterocycles. The van der Waals surface area contributed by atoms with E-state index in [4.69, 9.17) is 0 Å². The summed E-state index contributed by atoms with van der Waals surface area (Å²) in [6, 6.07) is 4.66. The Kier molecular flexibility index (Phi) is 5.59. The molecule has 1 aromatic carbocycles. The van der Waals surface area contributed by atoms with Crippen molar-refractivity contribution in [1.29, 1.82) is 0 Å². The summed E-state index contributed by atoms with van der Waals surface area (Å²) in [5.41, 5.74) is 0.497. The highest BCUT2D eigenvalue weighted by atomic mass is 32.2. The molecule has 9 heteroatoms. The van der Waals surface area contributed by atoms with Gasteiger partial charge in [-0.15, -0.1) is 11.8 Å². The van der Waals surface area contributed by atoms with Gasteiger partial charge in [0, 0.05) is 25.0 Å². The van der Waals surface area contributed by atoms with Crippen LogP contribution in [0, 0.1) is 5.92 Å². The molecule has 0 atom stereocenters. The van der Waals surface area contributed by atoms with Gasteiger partial charge < -0.3 is 10.2 Å². The molecule has 0 radical (unpaired) electrons. The highest BCUT2D eigenvalue weighted by Gasteiger charge is 2.28. The molecule has 2 aliphatic rings. The van der Waals surface area contributed by atoms with E-state index in [2.05, 4.69) is 12.2 Å². The van der Waals surface area contributed by atoms with Gasteiger partial charge in [0.2, 0.25) is 21.8 Å². The number of nitrogens with zero attached hydrogens (tertiary/aromatic N) is 2. The molecule has 0 bridgehead atoms. The van der Waals surface area contributed by atoms with Crippen molar-refractivity contribution in [2.45, 2.75) is 29.6 Å². The van der Waals surface area contributed by atoms with Crippen LogP contribution in [0.2, 0.25) is 0 Å². The van der Waals surface area contributed by atoms with Gasteiger partial charge in [-0.1, -0.05) is 6.92 Å². The summed E-state index contributed by atoms with van der Waals surface area (Å²) in [5, 5.41) is 2.69. The van der Waals surface area contributed by atoms with Gasteiger partial charge in [0.1, 0.15) is 0 Å². The molecule has 1 N–H and O–H groups in total. The zero-order valence-corrected chi connectivity index (χ0v) is 16.5. The Labute approximate surface area is 158 Å². The maximum Gasteiger partial charge on any atom is 0.243 e. The van der Waals surface area contributed by atoms with Crippen LogP contribution in [0.3, 0.4) is 0 Å². The van der Waals surface area contributed by atoms with Crippen LogP contribution in [0.1, 0.15) is 19.8 Å². The molecule has 1 saturated heterocycles. The van der Waals surface area contributed by atoms with Crippen molar-refractivity contribution in [3.63, 3.8) is 0 Å². The largest absolute Gasteiger partial charge is 0.342 e. The standard InChI is InChI=1S/C17H23N3O4S2/c1-12-5-7-20(8-6-12)17(22)10-19(2)26(23,24)13-3-4-15-14(9-13)18-16(21)11-25-15/h3-4,9,12H,5-8,10-11H2,1-2H3,(H,18,21). The number of hydrogen-bond donors (Lipinski definition) is 1. The van der Waals surface area contributed by atoms with Crippen LogP contribution in [0.25, 0.3) is 0 Å². The minimum absolute atomic E-state index is 0.0709. The first kappa shape index (κ1) is 19.2. The van der Waals surface area contributed by atoms with Crippen molar-refractivity contribution >= 4 is 39.3 Å². The average Bonchev–Trinajstić information content (AvgIpc) is 2.61. The lowest BCUT2D eigenvalue weighted by Crippen LogP contribution is -2.44. The van der Waals surface area contributed by atoms with Gasteiger partial charge in [0.25, 0.3) is 0 Å². The van der Waals surface area contributed by atoms with E-state index in [9.17, 15) is 18.0 Å². The van der Waals surface area contributed by atoms with E-state index in [1.54, 1.807) is 11.0 Å². The molecular weight excluding hydrogens is 374 g/mol. The van der Waals surface area contributed by atoms with Gasteiger partial charge >= 0.3 is 0 Å². The van der Waals surface area contributed by atoms with Crippen molar-refractivity contribution in [2.24, 2.45) is 5.92 Å². The first-order valence-corrected chi connectivity index (χ1v) is 11.0. The molecule has 2 amide bonds. The summed E-state index contributed by atoms with van der Waals surface area (Å²) >= 11 is 1.37. The normalized spacial score (nSPS) is 18.6. The van der Waals surface area contributed by atoms with E-state index in [1.807, 2.05) is 0 Å². The minimum atomic E-state index is -3.81. The van der Waals surface area contributed by atoms with Crippen LogP contribution >= 0.6 is 11.8 Å². The predicted molar refractivity (Wildman–Crippen MR) is 101 cm³/mol. The summed E-state index contributed by atoms with van der Waals surface area (Å²) < 4.78 is 26.7. The van der Waals surface area contributed by atoms with Crippen molar-refractivity contribution in [2.75, 3.05) is 37.8 Å². The van der Waals surface area contributed by atoms with Gasteiger partial charge in [-0.25, -0.2) is 8.42 Å². The Balaban J connectivity index is 1.72. The van der Waals surface area contributed by atoms with Crippen LogP contribution in [-0.4, -0.2) is 61.9 Å². The maximum atomic E-state index is 12.8. The van der Waals surface area contributed by atoms with Crippen molar-refractivity contribution < 1.29 is 18.0 Å². The van der Waals surface area contributed by atoms with Crippen molar-refractivity contribution in [1.82, 2.24) is 9.21 Å². The minimum Gasteiger partial charge on any atom is -0.342 e. The number of nitrogens with one attached hydrogen (secondary N) is 1. The number of hydrogen-bond acceptors (Lipinski definition) is 5. The number of carbonyl (C=O) groups excluding carboxylic acids is 2. The second-order valence-corrected chi connectivity index (χ2v) is 9.88. The SMILES string of the molecule is CC1CCN(C(=O)CN(C)S(=O)(=O)c2ccc3c(c2)NC(=O)CS3)CC1. The zero-order valence-electron chi connectivity index (χ0n) is 14.9. The molecule has 7 nitrogen and oxygen atoms in total. The highest BCUT2D eigenvalue weighted by Crippen LogP contribution is 2.33. The van der Waals surface area contributed by atoms with Gasteiger partial charge in [0.05, 0.1) is 22.9 Å². The van der Waals surface area contributed by atoms with E-state index in [1.165, 1.54) is 30.9 Å². The number of likely N-dealkylation sites (tertiary alicyclic amines) is 1. The third kappa shape index (κ3) is 4.05. The van der Waals surface area contributed by atoms with E-state index >= 15 is 0 Å². The number of sulfonamides is 1. The van der Waals surface area contributed by atoms with Crippen LogP contribution < -0.4 is 5.32 Å². The number of benzene rings is 1. The van der Waals surface area contributed by atoms with Gasteiger partial charge in [0.15, 0.2) is 0 Å². The van der Waals surface area contributed by atoms with E-state index in [0.29, 0.717) is 30.4 Å². The third-order valence-corrected chi connectivity index (χ3v) is 7.66. The molecule has 0 saturated carbocycles. The summed E-state index contributed by atoms with van der Waals surface area (Å²) in [4.78, 5) is 26.6. The Morgan fingerprint density at radius 1 is 1.35 bits per heavy atom. The summed E-state index contributed by atoms with van der Waals surface area (Å²) in [5.74, 6) is 0.593. The highest BCUT2D eigenvalue weighted by molar-refractivity contribution is 8.00. The number of carbonyl (C=O) groups is 2. The second kappa shape index (κ2) is 7.58. The zero-order chi connectivity index (χ0) is 18.9. The molecule has 0 unspecified atom stereocenters. The van der Waals surface area contributed by atoms with Crippen molar-refractivity contribution in [3.8, 4) is 0 Å². The molecule has 0 aromatic heterocycles. The first-order valence-electron chi connectivity index (χ1n) is 8.58. The van der Waals surface area contributed by atoms with Crippen molar-refractivity contribution in [3.05, 3.63) is 18.2 Å².